The van der Waals surface area contributed by atoms with Crippen molar-refractivity contribution >= 4 is 22.8 Å². The van der Waals surface area contributed by atoms with Crippen molar-refractivity contribution in [2.24, 2.45) is 16.7 Å². The number of methoxy groups -OCH3 is 1. The number of aromatic nitrogens is 1. The topological polar surface area (TPSA) is 59.5 Å². The molecule has 1 aromatic carbocycles. The highest BCUT2D eigenvalue weighted by Gasteiger charge is 2.68. The molecular weight excluding hydrogens is 347 g/mol. The Morgan fingerprint density at radius 1 is 1.30 bits per heavy atom. The van der Waals surface area contributed by atoms with E-state index in [1.54, 1.807) is 24.0 Å². The van der Waals surface area contributed by atoms with Crippen molar-refractivity contribution in [2.45, 2.75) is 27.2 Å². The number of halogens is 1. The second-order valence-electron chi connectivity index (χ2n) is 8.52. The minimum Gasteiger partial charge on any atom is -0.469 e. The number of fused-ring (bicyclic) bond motifs is 2. The van der Waals surface area contributed by atoms with Gasteiger partial charge in [-0.15, -0.1) is 0 Å². The first-order valence-electron chi connectivity index (χ1n) is 9.12. The standard InChI is InChI=1S/C21H23FN2O3/c1-12-7-15(14-6-5-13(22)8-16(14)23-12)18(25)24-9-17-20(2,3)10-21(17,11-24)19(26)27-4/h5-8,17H,9-11H2,1-4H3/t17-,21+/m1/s1. The summed E-state index contributed by atoms with van der Waals surface area (Å²) in [5, 5.41) is 0.623. The Kier molecular flexibility index (Phi) is 3.81. The minimum absolute atomic E-state index is 0.0113. The third-order valence-corrected chi connectivity index (χ3v) is 6.27. The van der Waals surface area contributed by atoms with E-state index in [-0.39, 0.29) is 29.0 Å². The van der Waals surface area contributed by atoms with Crippen LogP contribution in [0.2, 0.25) is 0 Å². The Hall–Kier alpha value is -2.50. The normalized spacial score (nSPS) is 25.8. The van der Waals surface area contributed by atoms with Crippen molar-refractivity contribution in [3.63, 3.8) is 0 Å². The number of likely N-dealkylation sites (tertiary alicyclic amines) is 1. The Morgan fingerprint density at radius 2 is 2.04 bits per heavy atom. The molecule has 142 valence electrons. The molecule has 1 aliphatic carbocycles. The van der Waals surface area contributed by atoms with Crippen LogP contribution in [0.4, 0.5) is 4.39 Å². The number of amides is 1. The van der Waals surface area contributed by atoms with Crippen LogP contribution in [0.15, 0.2) is 24.3 Å². The minimum atomic E-state index is -0.613. The Balaban J connectivity index is 1.73. The summed E-state index contributed by atoms with van der Waals surface area (Å²) >= 11 is 0. The predicted octanol–water partition coefficient (Wildman–Crippen LogP) is 3.34. The van der Waals surface area contributed by atoms with Gasteiger partial charge in [-0.3, -0.25) is 14.6 Å². The smallest absolute Gasteiger partial charge is 0.314 e. The number of carbonyl (C=O) groups excluding carboxylic acids is 2. The fraction of sp³-hybridized carbons (Fsp3) is 0.476. The average molecular weight is 370 g/mol. The highest BCUT2D eigenvalue weighted by atomic mass is 19.1. The highest BCUT2D eigenvalue weighted by molar-refractivity contribution is 6.06. The molecule has 5 nitrogen and oxygen atoms in total. The van der Waals surface area contributed by atoms with Gasteiger partial charge >= 0.3 is 5.97 Å². The van der Waals surface area contributed by atoms with Crippen molar-refractivity contribution in [1.82, 2.24) is 9.88 Å². The molecule has 0 unspecified atom stereocenters. The number of aryl methyl sites for hydroxylation is 1. The van der Waals surface area contributed by atoms with Gasteiger partial charge in [0.25, 0.3) is 5.91 Å². The lowest BCUT2D eigenvalue weighted by Crippen LogP contribution is -2.57. The SMILES string of the molecule is COC(=O)[C@@]12CN(C(=O)c3cc(C)nc4cc(F)ccc34)C[C@@H]1C(C)(C)C2. The van der Waals surface area contributed by atoms with Gasteiger partial charge in [-0.25, -0.2) is 4.39 Å². The number of hydrogen-bond donors (Lipinski definition) is 0. The van der Waals surface area contributed by atoms with Crippen LogP contribution in [-0.4, -0.2) is 42.0 Å². The Labute approximate surface area is 157 Å². The molecule has 2 atom stereocenters. The summed E-state index contributed by atoms with van der Waals surface area (Å²) in [7, 11) is 1.40. The maximum Gasteiger partial charge on any atom is 0.314 e. The van der Waals surface area contributed by atoms with Gasteiger partial charge in [-0.2, -0.15) is 0 Å². The van der Waals surface area contributed by atoms with Crippen LogP contribution in [-0.2, 0) is 9.53 Å². The van der Waals surface area contributed by atoms with Crippen molar-refractivity contribution in [3.05, 3.63) is 41.3 Å². The van der Waals surface area contributed by atoms with E-state index in [2.05, 4.69) is 18.8 Å². The number of pyridine rings is 1. The molecule has 2 aromatic rings. The molecule has 1 aromatic heterocycles. The van der Waals surface area contributed by atoms with Gasteiger partial charge in [-0.05, 0) is 42.9 Å². The highest BCUT2D eigenvalue weighted by Crippen LogP contribution is 2.63. The second kappa shape index (κ2) is 5.75. The van der Waals surface area contributed by atoms with Gasteiger partial charge < -0.3 is 9.64 Å². The molecule has 1 saturated heterocycles. The molecule has 1 saturated carbocycles. The first-order chi connectivity index (χ1) is 12.7. The molecule has 1 amide bonds. The molecule has 1 aliphatic heterocycles. The number of rotatable bonds is 2. The molecule has 2 aliphatic rings. The van der Waals surface area contributed by atoms with Gasteiger partial charge in [0.1, 0.15) is 5.82 Å². The van der Waals surface area contributed by atoms with Gasteiger partial charge in [0.2, 0.25) is 0 Å². The quantitative estimate of drug-likeness (QED) is 0.761. The monoisotopic (exact) mass is 370 g/mol. The second-order valence-corrected chi connectivity index (χ2v) is 8.52. The van der Waals surface area contributed by atoms with Crippen LogP contribution in [0.5, 0.6) is 0 Å². The first kappa shape index (κ1) is 17.9. The molecule has 2 fully saturated rings. The van der Waals surface area contributed by atoms with Crippen LogP contribution in [0.25, 0.3) is 10.9 Å². The summed E-state index contributed by atoms with van der Waals surface area (Å²) in [6.45, 7) is 6.92. The molecule has 4 rings (SSSR count). The molecule has 2 heterocycles. The van der Waals surface area contributed by atoms with E-state index in [0.717, 1.165) is 0 Å². The van der Waals surface area contributed by atoms with Gasteiger partial charge in [0.15, 0.2) is 0 Å². The number of benzene rings is 1. The average Bonchev–Trinajstić information content (AvgIpc) is 2.95. The van der Waals surface area contributed by atoms with Crippen molar-refractivity contribution < 1.29 is 18.7 Å². The van der Waals surface area contributed by atoms with Gasteiger partial charge in [0.05, 0.1) is 23.6 Å². The predicted molar refractivity (Wildman–Crippen MR) is 98.7 cm³/mol. The number of hydrogen-bond acceptors (Lipinski definition) is 4. The maximum absolute atomic E-state index is 13.6. The number of esters is 1. The fourth-order valence-electron chi connectivity index (χ4n) is 5.21. The summed E-state index contributed by atoms with van der Waals surface area (Å²) < 4.78 is 18.6. The van der Waals surface area contributed by atoms with Gasteiger partial charge in [-0.1, -0.05) is 13.8 Å². The number of nitrogens with zero attached hydrogens (tertiary/aromatic N) is 2. The molecule has 0 bridgehead atoms. The van der Waals surface area contributed by atoms with E-state index < -0.39 is 5.41 Å². The van der Waals surface area contributed by atoms with E-state index in [1.807, 2.05) is 0 Å². The summed E-state index contributed by atoms with van der Waals surface area (Å²) in [4.78, 5) is 31.9. The molecule has 6 heteroatoms. The molecule has 0 N–H and O–H groups in total. The maximum atomic E-state index is 13.6. The van der Waals surface area contributed by atoms with E-state index in [9.17, 15) is 14.0 Å². The zero-order valence-corrected chi connectivity index (χ0v) is 16.0. The zero-order chi connectivity index (χ0) is 19.6. The third kappa shape index (κ3) is 2.53. The van der Waals surface area contributed by atoms with Crippen LogP contribution in [0, 0.1) is 29.5 Å². The summed E-state index contributed by atoms with van der Waals surface area (Å²) in [6.07, 6.45) is 0.711. The summed E-state index contributed by atoms with van der Waals surface area (Å²) in [5.74, 6) is -0.691. The Bertz CT molecular complexity index is 966. The number of carbonyl (C=O) groups is 2. The molecule has 0 radical (unpaired) electrons. The lowest BCUT2D eigenvalue weighted by atomic mass is 9.48. The molecule has 0 spiro atoms. The van der Waals surface area contributed by atoms with Gasteiger partial charge in [0, 0.05) is 30.2 Å². The van der Waals surface area contributed by atoms with Crippen molar-refractivity contribution in [2.75, 3.05) is 20.2 Å². The largest absolute Gasteiger partial charge is 0.469 e. The first-order valence-corrected chi connectivity index (χ1v) is 9.12. The fourth-order valence-corrected chi connectivity index (χ4v) is 5.21. The van der Waals surface area contributed by atoms with Crippen LogP contribution in [0.3, 0.4) is 0 Å². The summed E-state index contributed by atoms with van der Waals surface area (Å²) in [6, 6.07) is 6.00. The molecule has 27 heavy (non-hydrogen) atoms. The zero-order valence-electron chi connectivity index (χ0n) is 16.0. The third-order valence-electron chi connectivity index (χ3n) is 6.27. The van der Waals surface area contributed by atoms with Crippen LogP contribution < -0.4 is 0 Å². The van der Waals surface area contributed by atoms with E-state index >= 15 is 0 Å². The van der Waals surface area contributed by atoms with E-state index in [4.69, 9.17) is 4.74 Å². The van der Waals surface area contributed by atoms with Crippen LogP contribution in [0.1, 0.15) is 36.3 Å². The Morgan fingerprint density at radius 3 is 2.70 bits per heavy atom. The summed E-state index contributed by atoms with van der Waals surface area (Å²) in [5.41, 5.74) is 0.988. The number of ether oxygens (including phenoxy) is 1. The van der Waals surface area contributed by atoms with E-state index in [0.29, 0.717) is 41.7 Å². The van der Waals surface area contributed by atoms with E-state index in [1.165, 1.54) is 19.2 Å². The molecular formula is C21H23FN2O3. The lowest BCUT2D eigenvalue weighted by molar-refractivity contribution is -0.174. The van der Waals surface area contributed by atoms with Crippen molar-refractivity contribution in [1.29, 1.82) is 0 Å². The lowest BCUT2D eigenvalue weighted by Gasteiger charge is -2.54. The van der Waals surface area contributed by atoms with Crippen LogP contribution >= 0.6 is 0 Å². The van der Waals surface area contributed by atoms with Crippen molar-refractivity contribution in [3.8, 4) is 0 Å².